The van der Waals surface area contributed by atoms with Gasteiger partial charge in [0.05, 0.1) is 22.4 Å². The summed E-state index contributed by atoms with van der Waals surface area (Å²) in [5.74, 6) is 0.670. The van der Waals surface area contributed by atoms with Crippen molar-refractivity contribution in [2.75, 3.05) is 5.32 Å². The number of aromatic amines is 1. The van der Waals surface area contributed by atoms with E-state index in [1.807, 2.05) is 20.8 Å². The van der Waals surface area contributed by atoms with Crippen LogP contribution in [0.1, 0.15) is 60.4 Å². The molecule has 3 heterocycles. The number of hydrogen-bond donors (Lipinski definition) is 2. The lowest BCUT2D eigenvalue weighted by atomic mass is 9.94. The van der Waals surface area contributed by atoms with E-state index in [9.17, 15) is 13.2 Å². The van der Waals surface area contributed by atoms with Crippen LogP contribution in [0, 0.1) is 6.92 Å². The number of nitrogens with one attached hydrogen (secondary N) is 2. The van der Waals surface area contributed by atoms with Crippen LogP contribution in [0.25, 0.3) is 0 Å². The Morgan fingerprint density at radius 3 is 2.54 bits per heavy atom. The van der Waals surface area contributed by atoms with E-state index < -0.39 is 17.2 Å². The molecular weight excluding hydrogens is 391 g/mol. The Morgan fingerprint density at radius 2 is 1.93 bits per heavy atom. The first-order valence-electron chi connectivity index (χ1n) is 8.71. The molecule has 1 aliphatic carbocycles. The van der Waals surface area contributed by atoms with Crippen molar-refractivity contribution in [3.63, 3.8) is 0 Å². The molecule has 0 aliphatic heterocycles. The lowest BCUT2D eigenvalue weighted by Gasteiger charge is -2.18. The fourth-order valence-corrected chi connectivity index (χ4v) is 3.89. The van der Waals surface area contributed by atoms with Crippen LogP contribution in [0.4, 0.5) is 24.1 Å². The first kappa shape index (κ1) is 18.8. The molecule has 148 valence electrons. The van der Waals surface area contributed by atoms with Gasteiger partial charge in [0.15, 0.2) is 0 Å². The van der Waals surface area contributed by atoms with Crippen LogP contribution in [-0.2, 0) is 11.6 Å². The smallest absolute Gasteiger partial charge is 0.314 e. The van der Waals surface area contributed by atoms with Crippen LogP contribution in [0.15, 0.2) is 12.5 Å². The van der Waals surface area contributed by atoms with E-state index in [0.29, 0.717) is 29.4 Å². The van der Waals surface area contributed by atoms with Gasteiger partial charge in [0.2, 0.25) is 5.95 Å². The van der Waals surface area contributed by atoms with Gasteiger partial charge in [-0.25, -0.2) is 19.9 Å². The Kier molecular flexibility index (Phi) is 4.36. The number of aromatic nitrogens is 6. The zero-order chi connectivity index (χ0) is 20.1. The molecule has 0 bridgehead atoms. The maximum Gasteiger partial charge on any atom is 0.419 e. The molecule has 0 radical (unpaired) electrons. The number of nitrogens with zero attached hydrogens (tertiary/aromatic N) is 5. The predicted octanol–water partition coefficient (Wildman–Crippen LogP) is 4.33. The zero-order valence-corrected chi connectivity index (χ0v) is 16.2. The Labute approximate surface area is 162 Å². The van der Waals surface area contributed by atoms with Gasteiger partial charge in [0, 0.05) is 12.1 Å². The number of aryl methyl sites for hydroxylation is 1. The minimum atomic E-state index is -4.45. The van der Waals surface area contributed by atoms with Crippen molar-refractivity contribution in [1.82, 2.24) is 30.1 Å². The molecule has 0 spiro atoms. The Morgan fingerprint density at radius 1 is 1.18 bits per heavy atom. The summed E-state index contributed by atoms with van der Waals surface area (Å²) in [4.78, 5) is 16.8. The molecule has 3 aromatic heterocycles. The number of hydrogen-bond acceptors (Lipinski definition) is 7. The molecule has 0 saturated heterocycles. The highest BCUT2D eigenvalue weighted by Gasteiger charge is 2.40. The van der Waals surface area contributed by atoms with Gasteiger partial charge in [-0.15, -0.1) is 0 Å². The van der Waals surface area contributed by atoms with Gasteiger partial charge in [-0.05, 0) is 33.6 Å². The van der Waals surface area contributed by atoms with Crippen LogP contribution >= 0.6 is 11.3 Å². The standard InChI is InChI=1S/C17H18F3N7S/c1-8-12(28-14(24-8)16(2,3)13-22-7-23-27-13)26-15-21-6-10(17(18,19)20)11(25-15)9-4-5-9/h6-7,9H,4-5H2,1-3H3,(H,21,25,26)(H,22,23,27). The predicted molar refractivity (Wildman–Crippen MR) is 97.7 cm³/mol. The highest BCUT2D eigenvalue weighted by Crippen LogP contribution is 2.45. The van der Waals surface area contributed by atoms with E-state index in [-0.39, 0.29) is 17.6 Å². The quantitative estimate of drug-likeness (QED) is 0.652. The van der Waals surface area contributed by atoms with Crippen molar-refractivity contribution in [3.8, 4) is 0 Å². The van der Waals surface area contributed by atoms with E-state index in [1.165, 1.54) is 17.7 Å². The average Bonchev–Trinajstić information content (AvgIpc) is 3.17. The highest BCUT2D eigenvalue weighted by atomic mass is 32.1. The van der Waals surface area contributed by atoms with Crippen LogP contribution in [0.2, 0.25) is 0 Å². The molecule has 3 aromatic rings. The van der Waals surface area contributed by atoms with E-state index >= 15 is 0 Å². The third-order valence-corrected chi connectivity index (χ3v) is 6.05. The highest BCUT2D eigenvalue weighted by molar-refractivity contribution is 7.16. The molecule has 28 heavy (non-hydrogen) atoms. The first-order chi connectivity index (χ1) is 13.2. The lowest BCUT2D eigenvalue weighted by Crippen LogP contribution is -2.20. The Balaban J connectivity index is 1.64. The van der Waals surface area contributed by atoms with Crippen molar-refractivity contribution < 1.29 is 13.2 Å². The van der Waals surface area contributed by atoms with E-state index in [0.717, 1.165) is 11.2 Å². The number of H-pyrrole nitrogens is 1. The van der Waals surface area contributed by atoms with Crippen molar-refractivity contribution in [3.05, 3.63) is 40.3 Å². The van der Waals surface area contributed by atoms with Gasteiger partial charge in [0.25, 0.3) is 0 Å². The second-order valence-corrected chi connectivity index (χ2v) is 8.28. The molecule has 1 aliphatic rings. The van der Waals surface area contributed by atoms with Crippen LogP contribution in [-0.4, -0.2) is 30.1 Å². The van der Waals surface area contributed by atoms with Crippen LogP contribution in [0.3, 0.4) is 0 Å². The van der Waals surface area contributed by atoms with Crippen molar-refractivity contribution in [2.24, 2.45) is 0 Å². The van der Waals surface area contributed by atoms with Gasteiger partial charge in [-0.1, -0.05) is 11.3 Å². The normalized spacial score (nSPS) is 15.1. The zero-order valence-electron chi connectivity index (χ0n) is 15.4. The summed E-state index contributed by atoms with van der Waals surface area (Å²) in [5, 5.41) is 11.2. The van der Waals surface area contributed by atoms with Crippen molar-refractivity contribution in [1.29, 1.82) is 0 Å². The molecule has 0 aromatic carbocycles. The summed E-state index contributed by atoms with van der Waals surface area (Å²) < 4.78 is 39.6. The Bertz CT molecular complexity index is 991. The van der Waals surface area contributed by atoms with Crippen molar-refractivity contribution >= 4 is 22.3 Å². The minimum Gasteiger partial charge on any atom is -0.314 e. The summed E-state index contributed by atoms with van der Waals surface area (Å²) in [6, 6.07) is 0. The van der Waals surface area contributed by atoms with Crippen molar-refractivity contribution in [2.45, 2.75) is 51.1 Å². The summed E-state index contributed by atoms with van der Waals surface area (Å²) in [6.45, 7) is 5.76. The van der Waals surface area contributed by atoms with Gasteiger partial charge in [-0.3, -0.25) is 5.10 Å². The number of anilines is 2. The molecule has 7 nitrogen and oxygen atoms in total. The fourth-order valence-electron chi connectivity index (χ4n) is 2.83. The lowest BCUT2D eigenvalue weighted by molar-refractivity contribution is -0.138. The maximum absolute atomic E-state index is 13.2. The van der Waals surface area contributed by atoms with E-state index in [4.69, 9.17) is 0 Å². The molecule has 0 unspecified atom stereocenters. The molecular formula is C17H18F3N7S. The largest absolute Gasteiger partial charge is 0.419 e. The molecule has 0 amide bonds. The summed E-state index contributed by atoms with van der Waals surface area (Å²) >= 11 is 1.39. The number of alkyl halides is 3. The van der Waals surface area contributed by atoms with E-state index in [1.54, 1.807) is 0 Å². The van der Waals surface area contributed by atoms with Gasteiger partial charge in [0.1, 0.15) is 22.2 Å². The third-order valence-electron chi connectivity index (χ3n) is 4.65. The molecule has 0 atom stereocenters. The average molecular weight is 409 g/mol. The molecule has 2 N–H and O–H groups in total. The second-order valence-electron chi connectivity index (χ2n) is 7.28. The van der Waals surface area contributed by atoms with Gasteiger partial charge >= 0.3 is 6.18 Å². The van der Waals surface area contributed by atoms with Crippen LogP contribution < -0.4 is 5.32 Å². The Hall–Kier alpha value is -2.56. The van der Waals surface area contributed by atoms with Gasteiger partial charge in [-0.2, -0.15) is 18.3 Å². The number of halogens is 3. The first-order valence-corrected chi connectivity index (χ1v) is 9.53. The second kappa shape index (κ2) is 6.50. The molecule has 11 heteroatoms. The maximum atomic E-state index is 13.2. The number of rotatable bonds is 5. The van der Waals surface area contributed by atoms with Gasteiger partial charge < -0.3 is 5.32 Å². The number of thiazole rings is 1. The minimum absolute atomic E-state index is 0.0642. The topological polar surface area (TPSA) is 92.3 Å². The molecule has 4 rings (SSSR count). The SMILES string of the molecule is Cc1nc(C(C)(C)c2ncn[nH]2)sc1Nc1ncc(C(F)(F)F)c(C2CC2)n1. The summed E-state index contributed by atoms with van der Waals surface area (Å²) in [7, 11) is 0. The third kappa shape index (κ3) is 3.46. The summed E-state index contributed by atoms with van der Waals surface area (Å²) in [6.07, 6.45) is -0.723. The summed E-state index contributed by atoms with van der Waals surface area (Å²) in [5.41, 5.74) is -0.474. The molecule has 1 fully saturated rings. The monoisotopic (exact) mass is 409 g/mol. The fraction of sp³-hybridized carbons (Fsp3) is 0.471. The van der Waals surface area contributed by atoms with Crippen LogP contribution in [0.5, 0.6) is 0 Å². The molecule has 1 saturated carbocycles. The van der Waals surface area contributed by atoms with E-state index in [2.05, 4.69) is 35.5 Å².